The molecule has 2 rings (SSSR count). The third-order valence-corrected chi connectivity index (χ3v) is 2.70. The average Bonchev–Trinajstić information content (AvgIpc) is 2.79. The minimum absolute atomic E-state index is 0.0913. The number of nitrogens with two attached hydrogens (primary N) is 1. The van der Waals surface area contributed by atoms with E-state index >= 15 is 0 Å². The Bertz CT molecular complexity index is 449. The summed E-state index contributed by atoms with van der Waals surface area (Å²) in [7, 11) is 0. The molecule has 0 saturated heterocycles. The van der Waals surface area contributed by atoms with Crippen LogP contribution in [0.2, 0.25) is 0 Å². The normalized spacial score (nSPS) is 12.6. The van der Waals surface area contributed by atoms with Gasteiger partial charge in [0.15, 0.2) is 0 Å². The summed E-state index contributed by atoms with van der Waals surface area (Å²) in [6.07, 6.45) is 7.39. The maximum atomic E-state index is 6.18. The summed E-state index contributed by atoms with van der Waals surface area (Å²) in [4.78, 5) is 8.63. The van der Waals surface area contributed by atoms with Crippen molar-refractivity contribution in [3.05, 3.63) is 48.3 Å². The van der Waals surface area contributed by atoms with Gasteiger partial charge in [-0.25, -0.2) is 4.98 Å². The Hall–Kier alpha value is -1.68. The second kappa shape index (κ2) is 5.59. The van der Waals surface area contributed by atoms with Crippen LogP contribution in [0.1, 0.15) is 30.9 Å². The second-order valence-corrected chi connectivity index (χ2v) is 4.11. The monoisotopic (exact) mass is 230 g/mol. The van der Waals surface area contributed by atoms with E-state index in [-0.39, 0.29) is 6.04 Å². The average molecular weight is 230 g/mol. The van der Waals surface area contributed by atoms with Gasteiger partial charge in [-0.15, -0.1) is 0 Å². The Labute approximate surface area is 102 Å². The number of aryl methyl sites for hydroxylation is 1. The number of hydrogen-bond acceptors (Lipinski definition) is 3. The van der Waals surface area contributed by atoms with Crippen molar-refractivity contribution < 1.29 is 0 Å². The summed E-state index contributed by atoms with van der Waals surface area (Å²) in [5.74, 6) is 0.942. The van der Waals surface area contributed by atoms with Crippen LogP contribution in [0, 0.1) is 0 Å². The van der Waals surface area contributed by atoms with Crippen molar-refractivity contribution in [2.45, 2.75) is 32.4 Å². The SMILES string of the molecule is CCCn1ccnc1C(N)Cc1ccccn1. The molecule has 0 aromatic carbocycles. The van der Waals surface area contributed by atoms with Crippen LogP contribution in [0.15, 0.2) is 36.8 Å². The van der Waals surface area contributed by atoms with Gasteiger partial charge in [0.2, 0.25) is 0 Å². The quantitative estimate of drug-likeness (QED) is 0.854. The highest BCUT2D eigenvalue weighted by atomic mass is 15.1. The second-order valence-electron chi connectivity index (χ2n) is 4.11. The number of pyridine rings is 1. The minimum atomic E-state index is -0.0913. The Morgan fingerprint density at radius 3 is 2.88 bits per heavy atom. The van der Waals surface area contributed by atoms with E-state index in [0.717, 1.165) is 30.9 Å². The van der Waals surface area contributed by atoms with E-state index in [1.807, 2.05) is 30.6 Å². The van der Waals surface area contributed by atoms with Crippen molar-refractivity contribution >= 4 is 0 Å². The van der Waals surface area contributed by atoms with E-state index in [4.69, 9.17) is 5.73 Å². The number of rotatable bonds is 5. The highest BCUT2D eigenvalue weighted by Crippen LogP contribution is 2.13. The number of imidazole rings is 1. The summed E-state index contributed by atoms with van der Waals surface area (Å²) < 4.78 is 2.12. The molecule has 90 valence electrons. The highest BCUT2D eigenvalue weighted by molar-refractivity contribution is 5.09. The fraction of sp³-hybridized carbons (Fsp3) is 0.385. The Morgan fingerprint density at radius 1 is 1.29 bits per heavy atom. The molecule has 0 aliphatic carbocycles. The number of hydrogen-bond donors (Lipinski definition) is 1. The topological polar surface area (TPSA) is 56.7 Å². The van der Waals surface area contributed by atoms with Gasteiger partial charge in [0.05, 0.1) is 6.04 Å². The first kappa shape index (κ1) is 11.8. The predicted octanol–water partition coefficient (Wildman–Crippen LogP) is 1.93. The zero-order chi connectivity index (χ0) is 12.1. The molecule has 0 bridgehead atoms. The molecule has 0 fully saturated rings. The van der Waals surface area contributed by atoms with E-state index < -0.39 is 0 Å². The number of aromatic nitrogens is 3. The third-order valence-electron chi connectivity index (χ3n) is 2.70. The number of nitrogens with zero attached hydrogens (tertiary/aromatic N) is 3. The smallest absolute Gasteiger partial charge is 0.126 e. The fourth-order valence-electron chi connectivity index (χ4n) is 1.91. The molecule has 2 heterocycles. The van der Waals surface area contributed by atoms with Crippen molar-refractivity contribution in [1.29, 1.82) is 0 Å². The third kappa shape index (κ3) is 2.91. The van der Waals surface area contributed by atoms with Crippen LogP contribution in [0.4, 0.5) is 0 Å². The minimum Gasteiger partial charge on any atom is -0.334 e. The summed E-state index contributed by atoms with van der Waals surface area (Å²) in [5.41, 5.74) is 7.18. The standard InChI is InChI=1S/C13H18N4/c1-2-8-17-9-7-16-13(17)12(14)10-11-5-3-4-6-15-11/h3-7,9,12H,2,8,10,14H2,1H3. The lowest BCUT2D eigenvalue weighted by Crippen LogP contribution is -2.19. The van der Waals surface area contributed by atoms with Crippen LogP contribution in [-0.2, 0) is 13.0 Å². The molecule has 0 aliphatic heterocycles. The summed E-state index contributed by atoms with van der Waals surface area (Å²) in [6.45, 7) is 3.11. The first-order valence-electron chi connectivity index (χ1n) is 5.97. The lowest BCUT2D eigenvalue weighted by molar-refractivity contribution is 0.570. The van der Waals surface area contributed by atoms with Gasteiger partial charge in [0.25, 0.3) is 0 Å². The van der Waals surface area contributed by atoms with Gasteiger partial charge in [-0.2, -0.15) is 0 Å². The molecule has 0 amide bonds. The molecular formula is C13H18N4. The molecule has 0 spiro atoms. The molecule has 1 unspecified atom stereocenters. The molecular weight excluding hydrogens is 212 g/mol. The zero-order valence-electron chi connectivity index (χ0n) is 10.1. The van der Waals surface area contributed by atoms with Gasteiger partial charge >= 0.3 is 0 Å². The summed E-state index contributed by atoms with van der Waals surface area (Å²) in [6, 6.07) is 5.79. The molecule has 1 atom stereocenters. The van der Waals surface area contributed by atoms with Gasteiger partial charge in [-0.05, 0) is 18.6 Å². The molecule has 17 heavy (non-hydrogen) atoms. The van der Waals surface area contributed by atoms with Crippen molar-refractivity contribution in [1.82, 2.24) is 14.5 Å². The van der Waals surface area contributed by atoms with E-state index in [1.54, 1.807) is 6.20 Å². The van der Waals surface area contributed by atoms with E-state index in [0.29, 0.717) is 0 Å². The maximum Gasteiger partial charge on any atom is 0.126 e. The summed E-state index contributed by atoms with van der Waals surface area (Å²) in [5, 5.41) is 0. The van der Waals surface area contributed by atoms with Crippen LogP contribution in [-0.4, -0.2) is 14.5 Å². The lowest BCUT2D eigenvalue weighted by atomic mass is 10.1. The van der Waals surface area contributed by atoms with Crippen molar-refractivity contribution in [3.8, 4) is 0 Å². The van der Waals surface area contributed by atoms with Crippen molar-refractivity contribution in [3.63, 3.8) is 0 Å². The first-order chi connectivity index (χ1) is 8.31. The Morgan fingerprint density at radius 2 is 2.18 bits per heavy atom. The molecule has 0 saturated carbocycles. The zero-order valence-corrected chi connectivity index (χ0v) is 10.1. The van der Waals surface area contributed by atoms with E-state index in [9.17, 15) is 0 Å². The first-order valence-corrected chi connectivity index (χ1v) is 5.97. The largest absolute Gasteiger partial charge is 0.334 e. The van der Waals surface area contributed by atoms with E-state index in [1.165, 1.54) is 0 Å². The molecule has 4 nitrogen and oxygen atoms in total. The van der Waals surface area contributed by atoms with Crippen LogP contribution in [0.3, 0.4) is 0 Å². The Kier molecular flexibility index (Phi) is 3.88. The van der Waals surface area contributed by atoms with Crippen LogP contribution < -0.4 is 5.73 Å². The van der Waals surface area contributed by atoms with Gasteiger partial charge in [-0.1, -0.05) is 13.0 Å². The molecule has 0 aliphatic rings. The van der Waals surface area contributed by atoms with Gasteiger partial charge in [-0.3, -0.25) is 4.98 Å². The maximum absolute atomic E-state index is 6.18. The molecule has 2 N–H and O–H groups in total. The van der Waals surface area contributed by atoms with Crippen molar-refractivity contribution in [2.75, 3.05) is 0 Å². The molecule has 2 aromatic rings. The summed E-state index contributed by atoms with van der Waals surface area (Å²) >= 11 is 0. The fourth-order valence-corrected chi connectivity index (χ4v) is 1.91. The van der Waals surface area contributed by atoms with Crippen LogP contribution >= 0.6 is 0 Å². The molecule has 0 radical (unpaired) electrons. The Balaban J connectivity index is 2.09. The lowest BCUT2D eigenvalue weighted by Gasteiger charge is -2.13. The van der Waals surface area contributed by atoms with Crippen LogP contribution in [0.25, 0.3) is 0 Å². The van der Waals surface area contributed by atoms with Gasteiger partial charge in [0, 0.05) is 37.3 Å². The molecule has 2 aromatic heterocycles. The van der Waals surface area contributed by atoms with Gasteiger partial charge < -0.3 is 10.3 Å². The molecule has 4 heteroatoms. The van der Waals surface area contributed by atoms with Gasteiger partial charge in [0.1, 0.15) is 5.82 Å². The predicted molar refractivity (Wildman–Crippen MR) is 67.4 cm³/mol. The van der Waals surface area contributed by atoms with E-state index in [2.05, 4.69) is 21.5 Å². The van der Waals surface area contributed by atoms with Crippen molar-refractivity contribution in [2.24, 2.45) is 5.73 Å². The highest BCUT2D eigenvalue weighted by Gasteiger charge is 2.13. The van der Waals surface area contributed by atoms with Crippen LogP contribution in [0.5, 0.6) is 0 Å².